The first-order valence-corrected chi connectivity index (χ1v) is 8.71. The number of pyridine rings is 1. The predicted molar refractivity (Wildman–Crippen MR) is 100 cm³/mol. The number of rotatable bonds is 8. The van der Waals surface area contributed by atoms with Crippen molar-refractivity contribution in [3.05, 3.63) is 58.3 Å². The number of hydrogen-bond donors (Lipinski definition) is 1. The van der Waals surface area contributed by atoms with E-state index >= 15 is 0 Å². The highest BCUT2D eigenvalue weighted by Gasteiger charge is 2.11. The van der Waals surface area contributed by atoms with Crippen molar-refractivity contribution >= 4 is 35.0 Å². The molecule has 0 aliphatic heterocycles. The number of carbonyl (C=O) groups excluding carboxylic acids is 2. The first kappa shape index (κ1) is 20.0. The third kappa shape index (κ3) is 6.54. The van der Waals surface area contributed by atoms with E-state index in [2.05, 4.69) is 10.3 Å². The molecule has 0 saturated heterocycles. The van der Waals surface area contributed by atoms with Crippen LogP contribution in [0.3, 0.4) is 0 Å². The van der Waals surface area contributed by atoms with Crippen molar-refractivity contribution in [2.24, 2.45) is 0 Å². The van der Waals surface area contributed by atoms with E-state index in [1.807, 2.05) is 18.2 Å². The third-order valence-electron chi connectivity index (χ3n) is 3.48. The predicted octanol–water partition coefficient (Wildman–Crippen LogP) is 2.93. The Balaban J connectivity index is 1.76. The Morgan fingerprint density at radius 2 is 2.04 bits per heavy atom. The lowest BCUT2D eigenvalue weighted by atomic mass is 10.3. The lowest BCUT2D eigenvalue weighted by molar-refractivity contribution is -0.130. The number of hydrogen-bond acceptors (Lipinski definition) is 4. The molecule has 2 rings (SSSR count). The van der Waals surface area contributed by atoms with Crippen LogP contribution in [0.2, 0.25) is 10.0 Å². The molecule has 0 aliphatic carbocycles. The Morgan fingerprint density at radius 3 is 2.69 bits per heavy atom. The number of aromatic nitrogens is 1. The fraction of sp³-hybridized carbons (Fsp3) is 0.278. The van der Waals surface area contributed by atoms with E-state index in [0.29, 0.717) is 35.4 Å². The van der Waals surface area contributed by atoms with Crippen molar-refractivity contribution in [1.82, 2.24) is 15.2 Å². The van der Waals surface area contributed by atoms with E-state index in [4.69, 9.17) is 27.9 Å². The monoisotopic (exact) mass is 395 g/mol. The second kappa shape index (κ2) is 9.99. The molecule has 0 saturated carbocycles. The van der Waals surface area contributed by atoms with Gasteiger partial charge in [0.1, 0.15) is 5.75 Å². The van der Waals surface area contributed by atoms with Crippen molar-refractivity contribution < 1.29 is 14.3 Å². The Morgan fingerprint density at radius 1 is 1.23 bits per heavy atom. The van der Waals surface area contributed by atoms with Gasteiger partial charge < -0.3 is 15.0 Å². The minimum atomic E-state index is -0.308. The minimum absolute atomic E-state index is 0.0888. The number of amides is 2. The summed E-state index contributed by atoms with van der Waals surface area (Å²) >= 11 is 11.8. The zero-order valence-corrected chi connectivity index (χ0v) is 15.8. The lowest BCUT2D eigenvalue weighted by Crippen LogP contribution is -2.38. The van der Waals surface area contributed by atoms with E-state index in [1.54, 1.807) is 29.3 Å². The van der Waals surface area contributed by atoms with Gasteiger partial charge in [0.2, 0.25) is 5.91 Å². The molecule has 1 aromatic heterocycles. The van der Waals surface area contributed by atoms with E-state index in [-0.39, 0.29) is 18.4 Å². The average Bonchev–Trinajstić information content (AvgIpc) is 2.61. The van der Waals surface area contributed by atoms with Crippen LogP contribution in [0.4, 0.5) is 0 Å². The summed E-state index contributed by atoms with van der Waals surface area (Å²) in [4.78, 5) is 29.4. The summed E-state index contributed by atoms with van der Waals surface area (Å²) in [5.74, 6) is -0.0156. The molecule has 0 bridgehead atoms. The summed E-state index contributed by atoms with van der Waals surface area (Å²) in [6.45, 7) is 2.38. The van der Waals surface area contributed by atoms with Crippen LogP contribution < -0.4 is 10.1 Å². The molecule has 138 valence electrons. The Bertz CT molecular complexity index is 757. The van der Waals surface area contributed by atoms with Gasteiger partial charge in [0.15, 0.2) is 6.61 Å². The van der Waals surface area contributed by atoms with Gasteiger partial charge in [-0.15, -0.1) is 0 Å². The molecule has 0 aliphatic rings. The SMILES string of the molecule is CC(=O)N(CCNC(=O)COc1ccc(Cl)cc1Cl)Cc1ccccn1. The first-order valence-electron chi connectivity index (χ1n) is 7.95. The van der Waals surface area contributed by atoms with Crippen molar-refractivity contribution in [2.45, 2.75) is 13.5 Å². The van der Waals surface area contributed by atoms with Crippen LogP contribution in [0, 0.1) is 0 Å². The summed E-state index contributed by atoms with van der Waals surface area (Å²) in [6.07, 6.45) is 1.68. The van der Waals surface area contributed by atoms with Crippen molar-refractivity contribution in [2.75, 3.05) is 19.7 Å². The molecule has 1 heterocycles. The molecule has 8 heteroatoms. The Hall–Kier alpha value is -2.31. The third-order valence-corrected chi connectivity index (χ3v) is 4.01. The summed E-state index contributed by atoms with van der Waals surface area (Å²) in [7, 11) is 0. The van der Waals surface area contributed by atoms with Crippen molar-refractivity contribution in [3.63, 3.8) is 0 Å². The average molecular weight is 396 g/mol. The summed E-state index contributed by atoms with van der Waals surface area (Å²) < 4.78 is 5.36. The lowest BCUT2D eigenvalue weighted by Gasteiger charge is -2.20. The summed E-state index contributed by atoms with van der Waals surface area (Å²) in [6, 6.07) is 10.3. The number of halogens is 2. The number of carbonyl (C=O) groups is 2. The van der Waals surface area contributed by atoms with Gasteiger partial charge in [0.05, 0.1) is 17.3 Å². The summed E-state index contributed by atoms with van der Waals surface area (Å²) in [5, 5.41) is 3.53. The maximum atomic E-state index is 11.9. The molecule has 0 unspecified atom stereocenters. The fourth-order valence-corrected chi connectivity index (χ4v) is 2.61. The smallest absolute Gasteiger partial charge is 0.258 e. The highest BCUT2D eigenvalue weighted by atomic mass is 35.5. The van der Waals surface area contributed by atoms with Crippen molar-refractivity contribution in [1.29, 1.82) is 0 Å². The quantitative estimate of drug-likeness (QED) is 0.745. The molecule has 0 radical (unpaired) electrons. The highest BCUT2D eigenvalue weighted by Crippen LogP contribution is 2.27. The van der Waals surface area contributed by atoms with Gasteiger partial charge in [0.25, 0.3) is 5.91 Å². The second-order valence-electron chi connectivity index (χ2n) is 5.48. The van der Waals surface area contributed by atoms with Crippen LogP contribution in [-0.2, 0) is 16.1 Å². The van der Waals surface area contributed by atoms with Crippen LogP contribution in [0.1, 0.15) is 12.6 Å². The number of nitrogens with zero attached hydrogens (tertiary/aromatic N) is 2. The minimum Gasteiger partial charge on any atom is -0.482 e. The Labute approximate surface area is 162 Å². The second-order valence-corrected chi connectivity index (χ2v) is 6.32. The zero-order chi connectivity index (χ0) is 18.9. The molecule has 1 N–H and O–H groups in total. The van der Waals surface area contributed by atoms with E-state index in [0.717, 1.165) is 5.69 Å². The van der Waals surface area contributed by atoms with Crippen LogP contribution in [0.15, 0.2) is 42.6 Å². The van der Waals surface area contributed by atoms with Gasteiger partial charge in [-0.3, -0.25) is 14.6 Å². The number of nitrogens with one attached hydrogen (secondary N) is 1. The maximum Gasteiger partial charge on any atom is 0.258 e. The van der Waals surface area contributed by atoms with Gasteiger partial charge in [-0.25, -0.2) is 0 Å². The summed E-state index contributed by atoms with van der Waals surface area (Å²) in [5.41, 5.74) is 0.787. The van der Waals surface area contributed by atoms with Crippen LogP contribution >= 0.6 is 23.2 Å². The van der Waals surface area contributed by atoms with Gasteiger partial charge in [-0.05, 0) is 30.3 Å². The number of benzene rings is 1. The van der Waals surface area contributed by atoms with E-state index in [9.17, 15) is 9.59 Å². The topological polar surface area (TPSA) is 71.5 Å². The van der Waals surface area contributed by atoms with Gasteiger partial charge in [-0.2, -0.15) is 0 Å². The molecule has 2 amide bonds. The zero-order valence-electron chi connectivity index (χ0n) is 14.2. The fourth-order valence-electron chi connectivity index (χ4n) is 2.15. The van der Waals surface area contributed by atoms with Crippen molar-refractivity contribution in [3.8, 4) is 5.75 Å². The molecular weight excluding hydrogens is 377 g/mol. The van der Waals surface area contributed by atoms with E-state index in [1.165, 1.54) is 6.92 Å². The largest absolute Gasteiger partial charge is 0.482 e. The molecule has 1 aromatic carbocycles. The van der Waals surface area contributed by atoms with Gasteiger partial charge in [-0.1, -0.05) is 29.3 Å². The molecule has 26 heavy (non-hydrogen) atoms. The van der Waals surface area contributed by atoms with Crippen LogP contribution in [0.25, 0.3) is 0 Å². The normalized spacial score (nSPS) is 10.3. The first-order chi connectivity index (χ1) is 12.5. The highest BCUT2D eigenvalue weighted by molar-refractivity contribution is 6.35. The van der Waals surface area contributed by atoms with Gasteiger partial charge >= 0.3 is 0 Å². The van der Waals surface area contributed by atoms with E-state index < -0.39 is 0 Å². The number of ether oxygens (including phenoxy) is 1. The molecule has 6 nitrogen and oxygen atoms in total. The standard InChI is InChI=1S/C18H19Cl2N3O3/c1-13(24)23(11-15-4-2-3-7-21-15)9-8-22-18(25)12-26-17-6-5-14(19)10-16(17)20/h2-7,10H,8-9,11-12H2,1H3,(H,22,25). The van der Waals surface area contributed by atoms with Crippen LogP contribution in [0.5, 0.6) is 5.75 Å². The molecular formula is C18H19Cl2N3O3. The molecule has 0 spiro atoms. The Kier molecular flexibility index (Phi) is 7.69. The molecule has 0 atom stereocenters. The van der Waals surface area contributed by atoms with Crippen LogP contribution in [-0.4, -0.2) is 41.4 Å². The molecule has 2 aromatic rings. The maximum absolute atomic E-state index is 11.9. The molecule has 0 fully saturated rings. The van der Waals surface area contributed by atoms with Gasteiger partial charge in [0, 0.05) is 31.2 Å².